The molecule has 6 nitrogen and oxygen atoms in total. The van der Waals surface area contributed by atoms with Gasteiger partial charge in [-0.25, -0.2) is 4.98 Å². The van der Waals surface area contributed by atoms with Crippen LogP contribution < -0.4 is 0 Å². The van der Waals surface area contributed by atoms with Gasteiger partial charge in [0.1, 0.15) is 5.69 Å². The first-order valence-corrected chi connectivity index (χ1v) is 7.49. The summed E-state index contributed by atoms with van der Waals surface area (Å²) in [5, 5.41) is 0. The third-order valence-corrected chi connectivity index (χ3v) is 4.21. The summed E-state index contributed by atoms with van der Waals surface area (Å²) < 4.78 is 1.87. The Morgan fingerprint density at radius 3 is 2.68 bits per heavy atom. The number of hydrogen-bond donors (Lipinski definition) is 0. The van der Waals surface area contributed by atoms with Crippen LogP contribution >= 0.6 is 0 Å². The second-order valence-electron chi connectivity index (χ2n) is 5.91. The Morgan fingerprint density at radius 1 is 1.27 bits per heavy atom. The van der Waals surface area contributed by atoms with Gasteiger partial charge in [0.2, 0.25) is 5.91 Å². The molecule has 0 bridgehead atoms. The van der Waals surface area contributed by atoms with Crippen LogP contribution in [0.1, 0.15) is 23.3 Å². The quantitative estimate of drug-likeness (QED) is 0.839. The highest BCUT2D eigenvalue weighted by Crippen LogP contribution is 2.20. The Hall–Kier alpha value is -2.37. The van der Waals surface area contributed by atoms with Crippen LogP contribution in [0.5, 0.6) is 0 Å². The second kappa shape index (κ2) is 5.79. The highest BCUT2D eigenvalue weighted by molar-refractivity contribution is 5.93. The van der Waals surface area contributed by atoms with Crippen molar-refractivity contribution in [3.05, 3.63) is 36.4 Å². The highest BCUT2D eigenvalue weighted by atomic mass is 16.2. The summed E-state index contributed by atoms with van der Waals surface area (Å²) in [6.07, 6.45) is 4.99. The Labute approximate surface area is 129 Å². The van der Waals surface area contributed by atoms with E-state index in [1.54, 1.807) is 36.3 Å². The number of fused-ring (bicyclic) bond motifs is 1. The molecule has 2 aromatic rings. The maximum absolute atomic E-state index is 12.5. The molecule has 0 saturated carbocycles. The van der Waals surface area contributed by atoms with E-state index in [9.17, 15) is 9.59 Å². The predicted octanol–water partition coefficient (Wildman–Crippen LogP) is 1.27. The van der Waals surface area contributed by atoms with Gasteiger partial charge < -0.3 is 14.2 Å². The Balaban J connectivity index is 1.68. The average Bonchev–Trinajstić information content (AvgIpc) is 3.01. The van der Waals surface area contributed by atoms with Gasteiger partial charge in [-0.1, -0.05) is 0 Å². The number of aromatic nitrogens is 2. The van der Waals surface area contributed by atoms with E-state index in [2.05, 4.69) is 4.98 Å². The molecular weight excluding hydrogens is 280 g/mol. The molecule has 6 heteroatoms. The fourth-order valence-corrected chi connectivity index (χ4v) is 2.91. The lowest BCUT2D eigenvalue weighted by molar-refractivity contribution is -0.134. The van der Waals surface area contributed by atoms with Crippen LogP contribution in [0, 0.1) is 5.92 Å². The van der Waals surface area contributed by atoms with Crippen LogP contribution in [0.2, 0.25) is 0 Å². The average molecular weight is 300 g/mol. The largest absolute Gasteiger partial charge is 0.349 e. The monoisotopic (exact) mass is 300 g/mol. The maximum Gasteiger partial charge on any atom is 0.272 e. The van der Waals surface area contributed by atoms with E-state index in [-0.39, 0.29) is 17.7 Å². The molecule has 1 aliphatic heterocycles. The van der Waals surface area contributed by atoms with Crippen LogP contribution in [0.3, 0.4) is 0 Å². The number of rotatable bonds is 2. The van der Waals surface area contributed by atoms with Crippen molar-refractivity contribution in [1.29, 1.82) is 0 Å². The van der Waals surface area contributed by atoms with Crippen molar-refractivity contribution in [1.82, 2.24) is 19.2 Å². The third-order valence-electron chi connectivity index (χ3n) is 4.21. The van der Waals surface area contributed by atoms with E-state index >= 15 is 0 Å². The lowest BCUT2D eigenvalue weighted by Crippen LogP contribution is -2.43. The number of nitrogens with zero attached hydrogens (tertiary/aromatic N) is 4. The van der Waals surface area contributed by atoms with E-state index in [0.717, 1.165) is 18.4 Å². The zero-order valence-corrected chi connectivity index (χ0v) is 12.9. The zero-order chi connectivity index (χ0) is 15.7. The van der Waals surface area contributed by atoms with Crippen molar-refractivity contribution >= 4 is 17.3 Å². The van der Waals surface area contributed by atoms with Crippen molar-refractivity contribution in [2.75, 3.05) is 27.2 Å². The van der Waals surface area contributed by atoms with Gasteiger partial charge in [0.25, 0.3) is 5.91 Å². The normalized spacial score (nSPS) is 16.0. The standard InChI is InChI=1S/C16H20N4O2/c1-18(2)15(21)12-5-8-19(9-6-12)16(22)14-10-13-4-3-7-20(13)11-17-14/h3-4,7,10-12H,5-6,8-9H2,1-2H3. The summed E-state index contributed by atoms with van der Waals surface area (Å²) in [6.45, 7) is 1.22. The first kappa shape index (κ1) is 14.6. The van der Waals surface area contributed by atoms with Crippen molar-refractivity contribution in [3.8, 4) is 0 Å². The number of hydrogen-bond acceptors (Lipinski definition) is 3. The molecule has 0 unspecified atom stereocenters. The molecule has 3 rings (SSSR count). The number of amides is 2. The molecule has 116 valence electrons. The van der Waals surface area contributed by atoms with Gasteiger partial charge in [-0.05, 0) is 31.0 Å². The molecular formula is C16H20N4O2. The summed E-state index contributed by atoms with van der Waals surface area (Å²) in [6, 6.07) is 5.67. The first-order valence-electron chi connectivity index (χ1n) is 7.49. The maximum atomic E-state index is 12.5. The molecule has 1 aliphatic rings. The zero-order valence-electron chi connectivity index (χ0n) is 12.9. The Bertz CT molecular complexity index is 699. The van der Waals surface area contributed by atoms with Crippen LogP contribution in [-0.2, 0) is 4.79 Å². The summed E-state index contributed by atoms with van der Waals surface area (Å²) >= 11 is 0. The summed E-state index contributed by atoms with van der Waals surface area (Å²) in [5.74, 6) is 0.124. The number of likely N-dealkylation sites (tertiary alicyclic amines) is 1. The summed E-state index contributed by atoms with van der Waals surface area (Å²) in [4.78, 5) is 32.2. The molecule has 0 radical (unpaired) electrons. The summed E-state index contributed by atoms with van der Waals surface area (Å²) in [5.41, 5.74) is 1.42. The molecule has 0 atom stereocenters. The summed E-state index contributed by atoms with van der Waals surface area (Å²) in [7, 11) is 3.55. The molecule has 0 aromatic carbocycles. The van der Waals surface area contributed by atoms with Gasteiger partial charge >= 0.3 is 0 Å². The molecule has 0 N–H and O–H groups in total. The van der Waals surface area contributed by atoms with E-state index < -0.39 is 0 Å². The first-order chi connectivity index (χ1) is 10.6. The lowest BCUT2D eigenvalue weighted by atomic mass is 9.95. The van der Waals surface area contributed by atoms with Crippen LogP contribution in [-0.4, -0.2) is 58.2 Å². The van der Waals surface area contributed by atoms with Gasteiger partial charge in [0, 0.05) is 44.8 Å². The van der Waals surface area contributed by atoms with Gasteiger partial charge in [-0.3, -0.25) is 9.59 Å². The van der Waals surface area contributed by atoms with Crippen molar-refractivity contribution in [2.24, 2.45) is 5.92 Å². The van der Waals surface area contributed by atoms with E-state index in [1.807, 2.05) is 22.7 Å². The molecule has 22 heavy (non-hydrogen) atoms. The van der Waals surface area contributed by atoms with E-state index in [0.29, 0.717) is 18.8 Å². The topological polar surface area (TPSA) is 57.9 Å². The van der Waals surface area contributed by atoms with Gasteiger partial charge in [-0.15, -0.1) is 0 Å². The predicted molar refractivity (Wildman–Crippen MR) is 82.5 cm³/mol. The van der Waals surface area contributed by atoms with Gasteiger partial charge in [0.05, 0.1) is 6.33 Å². The Morgan fingerprint density at radius 2 is 2.00 bits per heavy atom. The fraction of sp³-hybridized carbons (Fsp3) is 0.438. The van der Waals surface area contributed by atoms with Gasteiger partial charge in [0.15, 0.2) is 0 Å². The van der Waals surface area contributed by atoms with Crippen LogP contribution in [0.4, 0.5) is 0 Å². The molecule has 1 fully saturated rings. The lowest BCUT2D eigenvalue weighted by Gasteiger charge is -2.32. The molecule has 1 saturated heterocycles. The van der Waals surface area contributed by atoms with E-state index in [4.69, 9.17) is 0 Å². The van der Waals surface area contributed by atoms with Gasteiger partial charge in [-0.2, -0.15) is 0 Å². The smallest absolute Gasteiger partial charge is 0.272 e. The number of piperidine rings is 1. The number of carbonyl (C=O) groups excluding carboxylic acids is 2. The molecule has 3 heterocycles. The van der Waals surface area contributed by atoms with Crippen LogP contribution in [0.15, 0.2) is 30.7 Å². The third kappa shape index (κ3) is 2.68. The Kier molecular flexibility index (Phi) is 3.83. The SMILES string of the molecule is CN(C)C(=O)C1CCN(C(=O)c2cc3cccn3cn2)CC1. The fourth-order valence-electron chi connectivity index (χ4n) is 2.91. The van der Waals surface area contributed by atoms with Crippen LogP contribution in [0.25, 0.3) is 5.52 Å². The minimum absolute atomic E-state index is 0.0279. The second-order valence-corrected chi connectivity index (χ2v) is 5.91. The number of carbonyl (C=O) groups is 2. The molecule has 2 amide bonds. The van der Waals surface area contributed by atoms with E-state index in [1.165, 1.54) is 0 Å². The molecule has 0 aliphatic carbocycles. The van der Waals surface area contributed by atoms with Crippen molar-refractivity contribution < 1.29 is 9.59 Å². The van der Waals surface area contributed by atoms with Crippen molar-refractivity contribution in [2.45, 2.75) is 12.8 Å². The highest BCUT2D eigenvalue weighted by Gasteiger charge is 2.29. The molecule has 2 aromatic heterocycles. The minimum atomic E-state index is -0.0561. The minimum Gasteiger partial charge on any atom is -0.349 e. The molecule has 0 spiro atoms. The van der Waals surface area contributed by atoms with Crippen molar-refractivity contribution in [3.63, 3.8) is 0 Å².